The Morgan fingerprint density at radius 3 is 2.00 bits per heavy atom. The monoisotopic (exact) mass is 140 g/mol. The summed E-state index contributed by atoms with van der Waals surface area (Å²) in [5.74, 6) is 0. The van der Waals surface area contributed by atoms with Crippen LogP contribution in [0.4, 0.5) is 4.79 Å². The number of carboxylic acid groups (broad SMARTS) is 1. The van der Waals surface area contributed by atoms with Gasteiger partial charge in [0.25, 0.3) is 0 Å². The molecule has 0 unspecified atom stereocenters. The van der Waals surface area contributed by atoms with E-state index >= 15 is 0 Å². The zero-order chi connectivity index (χ0) is 6.78. The fraction of sp³-hybridized carbons (Fsp3) is 0. The van der Waals surface area contributed by atoms with Crippen LogP contribution in [0.5, 0.6) is 0 Å². The number of carbonyl (C=O) groups excluding carboxylic acids is 1. The number of amides is 1. The summed E-state index contributed by atoms with van der Waals surface area (Å²) in [6.45, 7) is 0. The fourth-order valence-electron chi connectivity index (χ4n) is 0.105. The van der Waals surface area contributed by atoms with Gasteiger partial charge in [-0.1, -0.05) is 0 Å². The molecule has 8 heavy (non-hydrogen) atoms. The molecule has 0 saturated heterocycles. The van der Waals surface area contributed by atoms with Crippen molar-refractivity contribution in [2.45, 2.75) is 0 Å². The first-order chi connectivity index (χ1) is 3.42. The first-order valence-electron chi connectivity index (χ1n) is 1.38. The third kappa shape index (κ3) is 5.18. The van der Waals surface area contributed by atoms with Gasteiger partial charge in [0.2, 0.25) is 0 Å². The molecule has 0 spiro atoms. The lowest BCUT2D eigenvalue weighted by Gasteiger charge is -1.98. The number of hydrogen-bond acceptors (Lipinski definition) is 4. The highest BCUT2D eigenvalue weighted by Crippen LogP contribution is 1.67. The van der Waals surface area contributed by atoms with Gasteiger partial charge in [0.05, 0.1) is 0 Å². The van der Waals surface area contributed by atoms with Gasteiger partial charge in [-0.2, -0.15) is 8.42 Å². The number of hydrogen-bond donors (Lipinski definition) is 2. The van der Waals surface area contributed by atoms with Gasteiger partial charge in [0.15, 0.2) is 0 Å². The molecule has 0 aromatic carbocycles. The van der Waals surface area contributed by atoms with Crippen molar-refractivity contribution in [3.05, 3.63) is 0 Å². The van der Waals surface area contributed by atoms with Crippen LogP contribution >= 0.6 is 0 Å². The zero-order valence-electron chi connectivity index (χ0n) is 3.49. The van der Waals surface area contributed by atoms with Crippen LogP contribution in [-0.4, -0.2) is 19.1 Å². The van der Waals surface area contributed by atoms with E-state index in [-0.39, 0.29) is 0 Å². The van der Waals surface area contributed by atoms with E-state index in [1.54, 1.807) is 0 Å². The molecule has 0 aliphatic rings. The Hall–Kier alpha value is -0.820. The molecule has 0 aliphatic carbocycles. The maximum absolute atomic E-state index is 9.47. The van der Waals surface area contributed by atoms with Crippen molar-refractivity contribution < 1.29 is 22.9 Å². The summed E-state index contributed by atoms with van der Waals surface area (Å²) in [5.41, 5.74) is 0. The van der Waals surface area contributed by atoms with E-state index in [2.05, 4.69) is 0 Å². The second-order valence-electron chi connectivity index (χ2n) is 0.865. The van der Waals surface area contributed by atoms with Crippen LogP contribution in [0.2, 0.25) is 0 Å². The van der Waals surface area contributed by atoms with Gasteiger partial charge >= 0.3 is 10.3 Å². The van der Waals surface area contributed by atoms with Gasteiger partial charge in [-0.3, -0.25) is 4.55 Å². The average molecular weight is 140 g/mol. The molecule has 0 aromatic heterocycles. The third-order valence-electron chi connectivity index (χ3n) is 0.212. The molecular formula is CH2NO5S-. The van der Waals surface area contributed by atoms with Gasteiger partial charge in [-0.25, -0.2) is 4.72 Å². The van der Waals surface area contributed by atoms with E-state index < -0.39 is 16.4 Å². The van der Waals surface area contributed by atoms with Crippen molar-refractivity contribution in [3.8, 4) is 0 Å². The zero-order valence-corrected chi connectivity index (χ0v) is 4.30. The van der Waals surface area contributed by atoms with Gasteiger partial charge in [-0.15, -0.1) is 0 Å². The Kier molecular flexibility index (Phi) is 1.77. The molecule has 6 nitrogen and oxygen atoms in total. The molecule has 0 radical (unpaired) electrons. The van der Waals surface area contributed by atoms with Crippen LogP contribution in [0.1, 0.15) is 0 Å². The van der Waals surface area contributed by atoms with Gasteiger partial charge in [0.1, 0.15) is 6.09 Å². The first-order valence-corrected chi connectivity index (χ1v) is 2.82. The molecule has 0 bridgehead atoms. The Morgan fingerprint density at radius 2 is 2.00 bits per heavy atom. The molecular weight excluding hydrogens is 138 g/mol. The summed E-state index contributed by atoms with van der Waals surface area (Å²) in [6, 6.07) is 0. The Balaban J connectivity index is 3.95. The van der Waals surface area contributed by atoms with Crippen molar-refractivity contribution in [3.63, 3.8) is 0 Å². The standard InChI is InChI=1S/CH3NO5S/c3-1(4)2-8(5,6)7/h2H,(H,3,4)(H,5,6,7)/p-1. The lowest BCUT2D eigenvalue weighted by atomic mass is 11.3. The van der Waals surface area contributed by atoms with E-state index in [1.165, 1.54) is 0 Å². The Morgan fingerprint density at radius 1 is 1.62 bits per heavy atom. The molecule has 48 valence electrons. The number of nitrogens with one attached hydrogen (secondary N) is 1. The van der Waals surface area contributed by atoms with E-state index in [0.29, 0.717) is 4.72 Å². The minimum Gasteiger partial charge on any atom is -0.529 e. The summed E-state index contributed by atoms with van der Waals surface area (Å²) >= 11 is 0. The van der Waals surface area contributed by atoms with E-state index in [4.69, 9.17) is 4.55 Å². The smallest absolute Gasteiger partial charge is 0.358 e. The quantitative estimate of drug-likeness (QED) is 0.399. The van der Waals surface area contributed by atoms with Gasteiger partial charge < -0.3 is 9.90 Å². The molecule has 0 atom stereocenters. The second-order valence-corrected chi connectivity index (χ2v) is 2.02. The molecule has 0 saturated carbocycles. The van der Waals surface area contributed by atoms with E-state index in [9.17, 15) is 18.3 Å². The molecule has 0 rings (SSSR count). The molecule has 0 aliphatic heterocycles. The maximum Gasteiger partial charge on any atom is 0.358 e. The molecule has 2 N–H and O–H groups in total. The van der Waals surface area contributed by atoms with Crippen molar-refractivity contribution in [2.24, 2.45) is 0 Å². The van der Waals surface area contributed by atoms with E-state index in [1.807, 2.05) is 0 Å². The minimum atomic E-state index is -4.64. The summed E-state index contributed by atoms with van der Waals surface area (Å²) in [4.78, 5) is 9.25. The predicted molar refractivity (Wildman–Crippen MR) is 20.1 cm³/mol. The van der Waals surface area contributed by atoms with Crippen LogP contribution < -0.4 is 9.83 Å². The SMILES string of the molecule is O=C([O-])NS(=O)(=O)O. The van der Waals surface area contributed by atoms with Crippen LogP contribution in [0.3, 0.4) is 0 Å². The highest BCUT2D eigenvalue weighted by atomic mass is 32.2. The summed E-state index contributed by atoms with van der Waals surface area (Å²) in [5, 5.41) is 9.25. The second kappa shape index (κ2) is 1.97. The predicted octanol–water partition coefficient (Wildman–Crippen LogP) is -2.28. The topological polar surface area (TPSA) is 107 Å². The fourth-order valence-corrected chi connectivity index (χ4v) is 0.316. The lowest BCUT2D eigenvalue weighted by Crippen LogP contribution is -2.40. The summed E-state index contributed by atoms with van der Waals surface area (Å²) in [6.07, 6.45) is -2.06. The van der Waals surface area contributed by atoms with Crippen LogP contribution in [0, 0.1) is 0 Å². The minimum absolute atomic E-state index is 0.715. The molecule has 1 amide bonds. The largest absolute Gasteiger partial charge is 0.529 e. The highest BCUT2D eigenvalue weighted by molar-refractivity contribution is 7.84. The van der Waals surface area contributed by atoms with E-state index in [0.717, 1.165) is 0 Å². The lowest BCUT2D eigenvalue weighted by molar-refractivity contribution is -0.248. The highest BCUT2D eigenvalue weighted by Gasteiger charge is 1.98. The average Bonchev–Trinajstić information content (AvgIpc) is 1.21. The van der Waals surface area contributed by atoms with Gasteiger partial charge in [-0.05, 0) is 0 Å². The maximum atomic E-state index is 9.47. The van der Waals surface area contributed by atoms with Crippen molar-refractivity contribution in [2.75, 3.05) is 0 Å². The number of rotatable bonds is 1. The molecule has 7 heteroatoms. The van der Waals surface area contributed by atoms with Crippen molar-refractivity contribution in [1.29, 1.82) is 0 Å². The van der Waals surface area contributed by atoms with Gasteiger partial charge in [0, 0.05) is 0 Å². The summed E-state index contributed by atoms with van der Waals surface area (Å²) < 4.78 is 27.3. The van der Waals surface area contributed by atoms with Crippen LogP contribution in [-0.2, 0) is 10.3 Å². The van der Waals surface area contributed by atoms with Crippen LogP contribution in [0.25, 0.3) is 0 Å². The van der Waals surface area contributed by atoms with Crippen LogP contribution in [0.15, 0.2) is 0 Å². The molecule has 0 heterocycles. The normalized spacial score (nSPS) is 10.6. The number of carbonyl (C=O) groups is 1. The third-order valence-corrected chi connectivity index (χ3v) is 0.637. The molecule has 0 fully saturated rings. The first kappa shape index (κ1) is 7.18. The van der Waals surface area contributed by atoms with Crippen molar-refractivity contribution in [1.82, 2.24) is 4.72 Å². The summed E-state index contributed by atoms with van der Waals surface area (Å²) in [7, 11) is -4.64. The Bertz CT molecular complexity index is 179. The van der Waals surface area contributed by atoms with Crippen molar-refractivity contribution >= 4 is 16.4 Å². The molecule has 0 aromatic rings. The Labute approximate surface area is 45.0 Å².